The number of hydrogen-bond acceptors (Lipinski definition) is 9. The second-order valence-corrected chi connectivity index (χ2v) is 13.8. The van der Waals surface area contributed by atoms with Gasteiger partial charge in [-0.15, -0.1) is 0 Å². The molecule has 0 spiro atoms. The summed E-state index contributed by atoms with van der Waals surface area (Å²) in [5.74, 6) is -2.57. The molecule has 13 nitrogen and oxygen atoms in total. The highest BCUT2D eigenvalue weighted by Gasteiger charge is 2.43. The molecule has 0 bridgehead atoms. The van der Waals surface area contributed by atoms with Crippen LogP contribution in [0.2, 0.25) is 0 Å². The van der Waals surface area contributed by atoms with Crippen LogP contribution in [0.1, 0.15) is 11.1 Å². The number of benzene rings is 5. The Morgan fingerprint density at radius 2 is 1.02 bits per heavy atom. The number of anilines is 2. The molecule has 282 valence electrons. The largest absolute Gasteiger partial charge is 0.744 e. The van der Waals surface area contributed by atoms with E-state index in [1.807, 2.05) is 0 Å². The van der Waals surface area contributed by atoms with E-state index in [2.05, 4.69) is 0 Å². The summed E-state index contributed by atoms with van der Waals surface area (Å²) in [6.07, 6.45) is 5.06. The predicted molar refractivity (Wildman–Crippen MR) is 212 cm³/mol. The molecule has 4 amide bonds. The molecular formula is C43H29N4O9S-. The first-order chi connectivity index (χ1) is 27.5. The standard InChI is InChI=1S/C43H30N4O9S/c48-38-36(39(49)45(32-15-7-2-8-16-32)42(52)44(38)31-13-5-1-6-14-31)27-23-30(29-21-25-35(26-22-29)57(54,55)56)24-28-37-40(50)46(33-17-9-3-10-18-33)43(53)47(41(37)51)34-19-11-4-12-20-34/h1-28,48H,(H,54,55,56)/p-1. The molecule has 0 atom stereocenters. The summed E-state index contributed by atoms with van der Waals surface area (Å²) in [4.78, 5) is 70.8. The number of rotatable bonds is 9. The maximum Gasteiger partial charge on any atom is 0.343 e. The summed E-state index contributed by atoms with van der Waals surface area (Å²) in [5.41, 5.74) is -1.23. The van der Waals surface area contributed by atoms with Crippen molar-refractivity contribution < 1.29 is 32.5 Å². The number of carbonyl (C=O) groups excluding carboxylic acids is 3. The Morgan fingerprint density at radius 3 is 1.47 bits per heavy atom. The molecule has 57 heavy (non-hydrogen) atoms. The number of amides is 4. The number of carbonyl (C=O) groups is 3. The van der Waals surface area contributed by atoms with Gasteiger partial charge in [-0.1, -0.05) is 97.1 Å². The molecular weight excluding hydrogens is 749 g/mol. The van der Waals surface area contributed by atoms with Crippen LogP contribution in [0.3, 0.4) is 0 Å². The van der Waals surface area contributed by atoms with E-state index in [9.17, 15) is 42.0 Å². The van der Waals surface area contributed by atoms with Gasteiger partial charge in [0.2, 0.25) is 5.88 Å². The highest BCUT2D eigenvalue weighted by Crippen LogP contribution is 2.30. The lowest BCUT2D eigenvalue weighted by atomic mass is 10.0. The molecule has 6 aromatic rings. The molecule has 0 aliphatic carbocycles. The highest BCUT2D eigenvalue weighted by atomic mass is 32.2. The van der Waals surface area contributed by atoms with E-state index >= 15 is 0 Å². The number of hydrogen-bond donors (Lipinski definition) is 1. The first-order valence-corrected chi connectivity index (χ1v) is 18.6. The minimum absolute atomic E-state index is 0.148. The van der Waals surface area contributed by atoms with Gasteiger partial charge in [0.15, 0.2) is 0 Å². The van der Waals surface area contributed by atoms with Gasteiger partial charge in [0.1, 0.15) is 21.3 Å². The molecule has 0 radical (unpaired) electrons. The summed E-state index contributed by atoms with van der Waals surface area (Å²) < 4.78 is 37.1. The van der Waals surface area contributed by atoms with Gasteiger partial charge >= 0.3 is 11.7 Å². The van der Waals surface area contributed by atoms with Crippen LogP contribution in [-0.2, 0) is 19.7 Å². The zero-order chi connectivity index (χ0) is 40.3. The minimum Gasteiger partial charge on any atom is -0.744 e. The molecule has 0 saturated carbocycles. The van der Waals surface area contributed by atoms with Crippen molar-refractivity contribution in [2.75, 3.05) is 9.80 Å². The topological polar surface area (TPSA) is 179 Å². The minimum atomic E-state index is -4.83. The molecule has 1 aromatic heterocycles. The third kappa shape index (κ3) is 7.41. The summed E-state index contributed by atoms with van der Waals surface area (Å²) in [7, 11) is -4.83. The highest BCUT2D eigenvalue weighted by molar-refractivity contribution is 7.85. The predicted octanol–water partition coefficient (Wildman–Crippen LogP) is 5.82. The maximum absolute atomic E-state index is 14.0. The van der Waals surface area contributed by atoms with Crippen molar-refractivity contribution in [1.29, 1.82) is 0 Å². The molecule has 1 N–H and O–H groups in total. The van der Waals surface area contributed by atoms with Crippen LogP contribution in [0.4, 0.5) is 16.2 Å². The first kappa shape index (κ1) is 37.6. The van der Waals surface area contributed by atoms with E-state index in [0.717, 1.165) is 31.1 Å². The number of para-hydroxylation sites is 4. The van der Waals surface area contributed by atoms with Gasteiger partial charge in [0.05, 0.1) is 27.6 Å². The normalized spacial score (nSPS) is 13.7. The smallest absolute Gasteiger partial charge is 0.343 e. The number of imide groups is 2. The number of nitrogens with zero attached hydrogens (tertiary/aromatic N) is 4. The second kappa shape index (κ2) is 15.6. The molecule has 2 heterocycles. The number of aromatic hydroxyl groups is 1. The molecule has 1 aliphatic heterocycles. The fourth-order valence-electron chi connectivity index (χ4n) is 6.14. The van der Waals surface area contributed by atoms with Crippen molar-refractivity contribution in [2.45, 2.75) is 4.90 Å². The van der Waals surface area contributed by atoms with Gasteiger partial charge < -0.3 is 9.66 Å². The van der Waals surface area contributed by atoms with E-state index in [4.69, 9.17) is 0 Å². The van der Waals surface area contributed by atoms with Crippen molar-refractivity contribution in [3.8, 4) is 17.3 Å². The average Bonchev–Trinajstić information content (AvgIpc) is 3.21. The lowest BCUT2D eigenvalue weighted by molar-refractivity contribution is -0.121. The van der Waals surface area contributed by atoms with Gasteiger partial charge in [0, 0.05) is 0 Å². The Bertz CT molecular complexity index is 2790. The van der Waals surface area contributed by atoms with Gasteiger partial charge in [0.25, 0.3) is 17.4 Å². The van der Waals surface area contributed by atoms with Crippen molar-refractivity contribution >= 4 is 51.0 Å². The van der Waals surface area contributed by atoms with Crippen molar-refractivity contribution in [3.63, 3.8) is 0 Å². The number of allylic oxidation sites excluding steroid dienone is 4. The molecule has 1 fully saturated rings. The van der Waals surface area contributed by atoms with Crippen molar-refractivity contribution in [1.82, 2.24) is 9.13 Å². The SMILES string of the molecule is O=C1C(=CC=C(C=Cc2c(O)n(-c3ccccc3)c(=O)n(-c3ccccc3)c2=O)c2ccc(S(=O)(=O)[O-])cc2)C(=O)N(c2ccccc2)C(=O)N1c1ccccc1. The number of barbiturate groups is 1. The Balaban J connectivity index is 1.43. The average molecular weight is 778 g/mol. The Kier molecular flexibility index (Phi) is 10.3. The van der Waals surface area contributed by atoms with E-state index in [0.29, 0.717) is 0 Å². The zero-order valence-electron chi connectivity index (χ0n) is 29.6. The van der Waals surface area contributed by atoms with E-state index < -0.39 is 55.6 Å². The fraction of sp³-hybridized carbons (Fsp3) is 0. The van der Waals surface area contributed by atoms with Gasteiger partial charge in [-0.05, 0) is 84.0 Å². The summed E-state index contributed by atoms with van der Waals surface area (Å²) in [6, 6.07) is 36.0. The zero-order valence-corrected chi connectivity index (χ0v) is 30.4. The molecule has 1 saturated heterocycles. The summed E-state index contributed by atoms with van der Waals surface area (Å²) in [5, 5.41) is 11.5. The number of aromatic nitrogens is 2. The first-order valence-electron chi connectivity index (χ1n) is 17.2. The van der Waals surface area contributed by atoms with E-state index in [1.54, 1.807) is 97.1 Å². The van der Waals surface area contributed by atoms with Crippen LogP contribution in [0.5, 0.6) is 5.88 Å². The van der Waals surface area contributed by atoms with E-state index in [-0.39, 0.29) is 39.4 Å². The molecule has 5 aromatic carbocycles. The Hall–Kier alpha value is -7.68. The lowest BCUT2D eigenvalue weighted by Gasteiger charge is -2.33. The lowest BCUT2D eigenvalue weighted by Crippen LogP contribution is -2.57. The Morgan fingerprint density at radius 1 is 0.579 bits per heavy atom. The van der Waals surface area contributed by atoms with E-state index in [1.165, 1.54) is 60.7 Å². The van der Waals surface area contributed by atoms with Crippen LogP contribution in [0.25, 0.3) is 23.0 Å². The van der Waals surface area contributed by atoms with Crippen molar-refractivity contribution in [2.24, 2.45) is 0 Å². The quantitative estimate of drug-likeness (QED) is 0.0820. The summed E-state index contributed by atoms with van der Waals surface area (Å²) >= 11 is 0. The van der Waals surface area contributed by atoms with Crippen LogP contribution in [0.15, 0.2) is 184 Å². The van der Waals surface area contributed by atoms with Crippen LogP contribution >= 0.6 is 0 Å². The third-order valence-corrected chi connectivity index (χ3v) is 9.76. The molecule has 7 rings (SSSR count). The number of urea groups is 1. The van der Waals surface area contributed by atoms with Crippen molar-refractivity contribution in [3.05, 3.63) is 201 Å². The van der Waals surface area contributed by atoms with Crippen LogP contribution < -0.4 is 21.0 Å². The van der Waals surface area contributed by atoms with Crippen LogP contribution in [0, 0.1) is 0 Å². The Labute approximate surface area is 325 Å². The monoisotopic (exact) mass is 777 g/mol. The molecule has 14 heteroatoms. The second-order valence-electron chi connectivity index (χ2n) is 12.4. The van der Waals surface area contributed by atoms with Gasteiger partial charge in [-0.3, -0.25) is 14.4 Å². The summed E-state index contributed by atoms with van der Waals surface area (Å²) in [6.45, 7) is 0. The fourth-order valence-corrected chi connectivity index (χ4v) is 6.61. The molecule has 0 unspecified atom stereocenters. The maximum atomic E-state index is 14.0. The van der Waals surface area contributed by atoms with Crippen LogP contribution in [-0.4, -0.2) is 45.1 Å². The van der Waals surface area contributed by atoms with Gasteiger partial charge in [-0.2, -0.15) is 0 Å². The van der Waals surface area contributed by atoms with Gasteiger partial charge in [-0.25, -0.2) is 36.9 Å². The third-order valence-electron chi connectivity index (χ3n) is 8.91. The molecule has 1 aliphatic rings.